The smallest absolute Gasteiger partial charge is 0.314 e. The molecule has 0 radical (unpaired) electrons. The van der Waals surface area contributed by atoms with E-state index in [4.69, 9.17) is 0 Å². The highest BCUT2D eigenvalue weighted by atomic mass is 32.2. The molecule has 1 fully saturated rings. The number of carbonyl (C=O) groups excluding carboxylic acids is 1. The first-order chi connectivity index (χ1) is 8.39. The first-order valence-electron chi connectivity index (χ1n) is 6.61. The van der Waals surface area contributed by atoms with Gasteiger partial charge in [0.15, 0.2) is 9.84 Å². The fraction of sp³-hybridized carbons (Fsp3) is 0.917. The van der Waals surface area contributed by atoms with Gasteiger partial charge in [-0.3, -0.25) is 0 Å². The molecule has 0 spiro atoms. The van der Waals surface area contributed by atoms with Gasteiger partial charge >= 0.3 is 6.03 Å². The van der Waals surface area contributed by atoms with Crippen LogP contribution in [0.5, 0.6) is 0 Å². The van der Waals surface area contributed by atoms with E-state index in [1.54, 1.807) is 0 Å². The molecular weight excluding hydrogens is 252 g/mol. The molecule has 18 heavy (non-hydrogen) atoms. The van der Waals surface area contributed by atoms with Crippen LogP contribution in [0.2, 0.25) is 0 Å². The lowest BCUT2D eigenvalue weighted by molar-refractivity contribution is 0.239. The van der Waals surface area contributed by atoms with E-state index in [-0.39, 0.29) is 11.9 Å². The summed E-state index contributed by atoms with van der Waals surface area (Å²) < 4.78 is 22.5. The third-order valence-electron chi connectivity index (χ3n) is 3.07. The van der Waals surface area contributed by atoms with Gasteiger partial charge in [0, 0.05) is 13.1 Å². The van der Waals surface area contributed by atoms with E-state index in [2.05, 4.69) is 10.6 Å². The summed E-state index contributed by atoms with van der Waals surface area (Å²) in [7, 11) is -2.77. The Morgan fingerprint density at radius 1 is 1.33 bits per heavy atom. The fourth-order valence-corrected chi connectivity index (χ4v) is 3.96. The summed E-state index contributed by atoms with van der Waals surface area (Å²) in [5.74, 6) is 1.39. The van der Waals surface area contributed by atoms with Crippen LogP contribution in [0, 0.1) is 11.8 Å². The van der Waals surface area contributed by atoms with Gasteiger partial charge in [-0.2, -0.15) is 0 Å². The van der Waals surface area contributed by atoms with Crippen molar-refractivity contribution in [3.63, 3.8) is 0 Å². The van der Waals surface area contributed by atoms with Gasteiger partial charge in [-0.05, 0) is 31.1 Å². The number of hydrogen-bond acceptors (Lipinski definition) is 3. The van der Waals surface area contributed by atoms with Gasteiger partial charge in [0.1, 0.15) is 0 Å². The topological polar surface area (TPSA) is 75.3 Å². The molecule has 1 unspecified atom stereocenters. The predicted molar refractivity (Wildman–Crippen MR) is 72.2 cm³/mol. The van der Waals surface area contributed by atoms with E-state index in [1.807, 2.05) is 13.8 Å². The van der Waals surface area contributed by atoms with Gasteiger partial charge in [-0.25, -0.2) is 13.2 Å². The number of nitrogens with one attached hydrogen (secondary N) is 2. The normalized spacial score (nSPS) is 22.1. The highest BCUT2D eigenvalue weighted by Gasteiger charge is 2.27. The van der Waals surface area contributed by atoms with Crippen LogP contribution in [0.4, 0.5) is 4.79 Å². The molecule has 0 aromatic rings. The van der Waals surface area contributed by atoms with Crippen molar-refractivity contribution in [2.24, 2.45) is 11.8 Å². The maximum Gasteiger partial charge on any atom is 0.314 e. The molecule has 2 N–H and O–H groups in total. The van der Waals surface area contributed by atoms with Gasteiger partial charge in [-0.1, -0.05) is 13.8 Å². The minimum Gasteiger partial charge on any atom is -0.338 e. The summed E-state index contributed by atoms with van der Waals surface area (Å²) in [6.07, 6.45) is 2.50. The fourth-order valence-electron chi connectivity index (χ4n) is 2.05. The summed E-state index contributed by atoms with van der Waals surface area (Å²) in [5.41, 5.74) is 0. The molecule has 1 atom stereocenters. The number of carbonyl (C=O) groups is 1. The zero-order valence-electron chi connectivity index (χ0n) is 11.2. The van der Waals surface area contributed by atoms with E-state index in [0.29, 0.717) is 30.5 Å². The summed E-state index contributed by atoms with van der Waals surface area (Å²) in [4.78, 5) is 11.3. The molecule has 0 saturated carbocycles. The van der Waals surface area contributed by atoms with Gasteiger partial charge in [0.05, 0.1) is 11.5 Å². The quantitative estimate of drug-likeness (QED) is 0.715. The second kappa shape index (κ2) is 6.97. The molecule has 0 aliphatic carbocycles. The number of urea groups is 1. The van der Waals surface area contributed by atoms with Crippen molar-refractivity contribution in [1.29, 1.82) is 0 Å². The number of rotatable bonds is 6. The van der Waals surface area contributed by atoms with Crippen LogP contribution >= 0.6 is 0 Å². The minimum atomic E-state index is -2.77. The van der Waals surface area contributed by atoms with E-state index in [0.717, 1.165) is 19.3 Å². The highest BCUT2D eigenvalue weighted by Crippen LogP contribution is 2.22. The first kappa shape index (κ1) is 15.3. The third-order valence-corrected chi connectivity index (χ3v) is 4.91. The lowest BCUT2D eigenvalue weighted by Gasteiger charge is -2.10. The molecule has 106 valence electrons. The number of hydrogen-bond donors (Lipinski definition) is 2. The zero-order valence-corrected chi connectivity index (χ0v) is 12.1. The Balaban J connectivity index is 2.04. The second-order valence-electron chi connectivity index (χ2n) is 5.44. The van der Waals surface area contributed by atoms with E-state index < -0.39 is 9.84 Å². The average molecular weight is 276 g/mol. The van der Waals surface area contributed by atoms with Crippen LogP contribution in [0.1, 0.15) is 33.1 Å². The summed E-state index contributed by atoms with van der Waals surface area (Å²) in [6.45, 7) is 5.37. The van der Waals surface area contributed by atoms with Gasteiger partial charge in [0.2, 0.25) is 0 Å². The van der Waals surface area contributed by atoms with Crippen molar-refractivity contribution in [1.82, 2.24) is 10.6 Å². The van der Waals surface area contributed by atoms with Crippen LogP contribution in [0.25, 0.3) is 0 Å². The van der Waals surface area contributed by atoms with Gasteiger partial charge < -0.3 is 10.6 Å². The maximum atomic E-state index is 11.3. The molecular formula is C12H24N2O3S. The molecule has 6 heteroatoms. The van der Waals surface area contributed by atoms with Crippen molar-refractivity contribution in [3.05, 3.63) is 0 Å². The number of amides is 2. The summed E-state index contributed by atoms with van der Waals surface area (Å²) >= 11 is 0. The van der Waals surface area contributed by atoms with Crippen LogP contribution in [-0.2, 0) is 9.84 Å². The van der Waals surface area contributed by atoms with Gasteiger partial charge in [-0.15, -0.1) is 0 Å². The van der Waals surface area contributed by atoms with Crippen molar-refractivity contribution in [2.45, 2.75) is 33.1 Å². The van der Waals surface area contributed by atoms with E-state index >= 15 is 0 Å². The monoisotopic (exact) mass is 276 g/mol. The average Bonchev–Trinajstić information content (AvgIpc) is 2.61. The molecule has 2 amide bonds. The van der Waals surface area contributed by atoms with E-state index in [1.165, 1.54) is 0 Å². The first-order valence-corrected chi connectivity index (χ1v) is 8.43. The Hall–Kier alpha value is -0.780. The Labute approximate surface area is 110 Å². The lowest BCUT2D eigenvalue weighted by atomic mass is 10.0. The summed E-state index contributed by atoms with van der Waals surface area (Å²) in [6, 6.07) is -0.136. The van der Waals surface area contributed by atoms with Crippen molar-refractivity contribution >= 4 is 15.9 Å². The molecule has 1 aliphatic heterocycles. The third kappa shape index (κ3) is 6.23. The Morgan fingerprint density at radius 3 is 2.61 bits per heavy atom. The molecule has 1 saturated heterocycles. The SMILES string of the molecule is CC(C)CNC(=O)NCCCC1CCS(=O)(=O)C1. The van der Waals surface area contributed by atoms with Crippen molar-refractivity contribution in [3.8, 4) is 0 Å². The van der Waals surface area contributed by atoms with Crippen molar-refractivity contribution in [2.75, 3.05) is 24.6 Å². The Bertz CT molecular complexity index is 366. The Kier molecular flexibility index (Phi) is 5.91. The molecule has 0 bridgehead atoms. The van der Waals surface area contributed by atoms with Crippen molar-refractivity contribution < 1.29 is 13.2 Å². The standard InChI is InChI=1S/C12H24N2O3S/c1-10(2)8-14-12(15)13-6-3-4-11-5-7-18(16,17)9-11/h10-11H,3-9H2,1-2H3,(H2,13,14,15). The molecule has 0 aromatic heterocycles. The van der Waals surface area contributed by atoms with Gasteiger partial charge in [0.25, 0.3) is 0 Å². The summed E-state index contributed by atoms with van der Waals surface area (Å²) in [5, 5.41) is 5.56. The Morgan fingerprint density at radius 2 is 2.06 bits per heavy atom. The predicted octanol–water partition coefficient (Wildman–Crippen LogP) is 1.16. The largest absolute Gasteiger partial charge is 0.338 e. The van der Waals surface area contributed by atoms with Crippen LogP contribution < -0.4 is 10.6 Å². The zero-order chi connectivity index (χ0) is 13.6. The van der Waals surface area contributed by atoms with E-state index in [9.17, 15) is 13.2 Å². The van der Waals surface area contributed by atoms with Crippen LogP contribution in [0.15, 0.2) is 0 Å². The molecule has 1 rings (SSSR count). The molecule has 0 aromatic carbocycles. The maximum absolute atomic E-state index is 11.3. The van der Waals surface area contributed by atoms with Crippen LogP contribution in [-0.4, -0.2) is 39.0 Å². The second-order valence-corrected chi connectivity index (χ2v) is 7.67. The minimum absolute atomic E-state index is 0.136. The molecule has 5 nitrogen and oxygen atoms in total. The van der Waals surface area contributed by atoms with Crippen LogP contribution in [0.3, 0.4) is 0 Å². The molecule has 1 aliphatic rings. The number of sulfone groups is 1. The molecule has 1 heterocycles. The lowest BCUT2D eigenvalue weighted by Crippen LogP contribution is -2.37. The highest BCUT2D eigenvalue weighted by molar-refractivity contribution is 7.91.